The molecular formula is C12H19NO. The van der Waals surface area contributed by atoms with Crippen LogP contribution in [-0.4, -0.2) is 23.4 Å². The zero-order valence-corrected chi connectivity index (χ0v) is 8.91. The number of hydrogen-bond acceptors (Lipinski definition) is 1. The first kappa shape index (κ1) is 9.75. The number of rotatable bonds is 2. The third-order valence-corrected chi connectivity index (χ3v) is 3.43. The first-order valence-electron chi connectivity index (χ1n) is 5.79. The number of hydrogen-bond donors (Lipinski definition) is 0. The van der Waals surface area contributed by atoms with E-state index in [4.69, 9.17) is 0 Å². The van der Waals surface area contributed by atoms with Gasteiger partial charge in [-0.15, -0.1) is 0 Å². The molecule has 2 rings (SSSR count). The Bertz CT molecular complexity index is 247. The molecule has 78 valence electrons. The normalized spacial score (nSPS) is 32.6. The smallest absolute Gasteiger partial charge is 0.222 e. The Hall–Kier alpha value is -0.790. The molecule has 0 aromatic heterocycles. The van der Waals surface area contributed by atoms with Crippen molar-refractivity contribution in [2.75, 3.05) is 6.54 Å². The van der Waals surface area contributed by atoms with Crippen LogP contribution in [0.5, 0.6) is 0 Å². The highest BCUT2D eigenvalue weighted by Crippen LogP contribution is 2.33. The third-order valence-electron chi connectivity index (χ3n) is 3.43. The van der Waals surface area contributed by atoms with Crippen molar-refractivity contribution in [2.24, 2.45) is 5.92 Å². The zero-order chi connectivity index (χ0) is 9.97. The number of amides is 1. The Morgan fingerprint density at radius 1 is 1.50 bits per heavy atom. The fourth-order valence-corrected chi connectivity index (χ4v) is 2.70. The van der Waals surface area contributed by atoms with E-state index < -0.39 is 0 Å². The van der Waals surface area contributed by atoms with Gasteiger partial charge in [-0.1, -0.05) is 19.1 Å². The Morgan fingerprint density at radius 2 is 2.36 bits per heavy atom. The summed E-state index contributed by atoms with van der Waals surface area (Å²) in [6, 6.07) is 0.527. The monoisotopic (exact) mass is 193 g/mol. The summed E-state index contributed by atoms with van der Waals surface area (Å²) in [6.45, 7) is 3.15. The molecule has 0 N–H and O–H groups in total. The molecule has 2 fully saturated rings. The molecule has 0 spiro atoms. The summed E-state index contributed by atoms with van der Waals surface area (Å²) in [5, 5.41) is 0. The van der Waals surface area contributed by atoms with Crippen molar-refractivity contribution in [3.63, 3.8) is 0 Å². The van der Waals surface area contributed by atoms with Gasteiger partial charge in [0.05, 0.1) is 0 Å². The van der Waals surface area contributed by atoms with Gasteiger partial charge in [-0.3, -0.25) is 4.79 Å². The van der Waals surface area contributed by atoms with Crippen LogP contribution in [0, 0.1) is 5.92 Å². The standard InChI is InChI=1S/C12H19NO/c1-2-3-5-10-8-9-13-11(10)6-4-7-12(13)14/h3,5,10-11H,2,4,6-9H2,1H3/b5-3-/t10-,11-/m0/s1. The molecule has 2 atom stereocenters. The fourth-order valence-electron chi connectivity index (χ4n) is 2.70. The van der Waals surface area contributed by atoms with E-state index in [0.29, 0.717) is 17.9 Å². The van der Waals surface area contributed by atoms with Gasteiger partial charge in [0, 0.05) is 19.0 Å². The van der Waals surface area contributed by atoms with Crippen molar-refractivity contribution in [3.05, 3.63) is 12.2 Å². The van der Waals surface area contributed by atoms with Crippen LogP contribution in [-0.2, 0) is 4.79 Å². The molecule has 0 aliphatic carbocycles. The van der Waals surface area contributed by atoms with Crippen molar-refractivity contribution in [3.8, 4) is 0 Å². The van der Waals surface area contributed by atoms with Crippen LogP contribution < -0.4 is 0 Å². The average molecular weight is 193 g/mol. The average Bonchev–Trinajstić information content (AvgIpc) is 2.60. The maximum atomic E-state index is 11.6. The molecule has 0 bridgehead atoms. The highest BCUT2D eigenvalue weighted by Gasteiger charge is 2.37. The zero-order valence-electron chi connectivity index (χ0n) is 8.91. The quantitative estimate of drug-likeness (QED) is 0.616. The van der Waals surface area contributed by atoms with Crippen molar-refractivity contribution in [1.82, 2.24) is 4.90 Å². The summed E-state index contributed by atoms with van der Waals surface area (Å²) in [6.07, 6.45) is 9.93. The molecule has 2 saturated heterocycles. The van der Waals surface area contributed by atoms with Gasteiger partial charge in [0.2, 0.25) is 5.91 Å². The van der Waals surface area contributed by atoms with E-state index in [1.165, 1.54) is 12.8 Å². The molecule has 2 aliphatic rings. The predicted molar refractivity (Wildman–Crippen MR) is 56.9 cm³/mol. The van der Waals surface area contributed by atoms with Gasteiger partial charge in [0.1, 0.15) is 0 Å². The molecule has 2 heteroatoms. The molecular weight excluding hydrogens is 174 g/mol. The Kier molecular flexibility index (Phi) is 2.90. The van der Waals surface area contributed by atoms with Gasteiger partial charge in [-0.2, -0.15) is 0 Å². The minimum absolute atomic E-state index is 0.383. The van der Waals surface area contributed by atoms with Gasteiger partial charge < -0.3 is 4.90 Å². The number of piperidine rings is 1. The number of carbonyl (C=O) groups is 1. The molecule has 14 heavy (non-hydrogen) atoms. The maximum Gasteiger partial charge on any atom is 0.222 e. The van der Waals surface area contributed by atoms with E-state index in [-0.39, 0.29) is 0 Å². The number of carbonyl (C=O) groups excluding carboxylic acids is 1. The lowest BCUT2D eigenvalue weighted by atomic mass is 9.92. The Balaban J connectivity index is 2.03. The van der Waals surface area contributed by atoms with Crippen LogP contribution in [0.2, 0.25) is 0 Å². The fraction of sp³-hybridized carbons (Fsp3) is 0.750. The molecule has 1 amide bonds. The largest absolute Gasteiger partial charge is 0.339 e. The van der Waals surface area contributed by atoms with Crippen LogP contribution in [0.4, 0.5) is 0 Å². The van der Waals surface area contributed by atoms with E-state index >= 15 is 0 Å². The van der Waals surface area contributed by atoms with Crippen LogP contribution in [0.1, 0.15) is 39.0 Å². The first-order chi connectivity index (χ1) is 6.83. The SMILES string of the molecule is CC/C=C\[C@H]1CCN2C(=O)CCC[C@@H]12. The van der Waals surface area contributed by atoms with Crippen LogP contribution in [0.3, 0.4) is 0 Å². The molecule has 2 heterocycles. The first-order valence-corrected chi connectivity index (χ1v) is 5.79. The van der Waals surface area contributed by atoms with Gasteiger partial charge >= 0.3 is 0 Å². The van der Waals surface area contributed by atoms with Crippen LogP contribution >= 0.6 is 0 Å². The lowest BCUT2D eigenvalue weighted by Gasteiger charge is -2.31. The number of fused-ring (bicyclic) bond motifs is 1. The van der Waals surface area contributed by atoms with Crippen molar-refractivity contribution in [1.29, 1.82) is 0 Å². The summed E-state index contributed by atoms with van der Waals surface area (Å²) in [5.41, 5.74) is 0. The Labute approximate surface area is 86.0 Å². The maximum absolute atomic E-state index is 11.6. The summed E-state index contributed by atoms with van der Waals surface area (Å²) in [5.74, 6) is 1.02. The highest BCUT2D eigenvalue weighted by molar-refractivity contribution is 5.77. The molecule has 2 nitrogen and oxygen atoms in total. The lowest BCUT2D eigenvalue weighted by molar-refractivity contribution is -0.134. The predicted octanol–water partition coefficient (Wildman–Crippen LogP) is 2.35. The number of allylic oxidation sites excluding steroid dienone is 1. The molecule has 0 radical (unpaired) electrons. The summed E-state index contributed by atoms with van der Waals surface area (Å²) < 4.78 is 0. The molecule has 0 aromatic rings. The minimum atomic E-state index is 0.383. The summed E-state index contributed by atoms with van der Waals surface area (Å²) in [4.78, 5) is 13.7. The summed E-state index contributed by atoms with van der Waals surface area (Å²) >= 11 is 0. The van der Waals surface area contributed by atoms with Gasteiger partial charge in [0.15, 0.2) is 0 Å². The van der Waals surface area contributed by atoms with Gasteiger partial charge in [-0.25, -0.2) is 0 Å². The second-order valence-electron chi connectivity index (χ2n) is 4.34. The second-order valence-corrected chi connectivity index (χ2v) is 4.34. The molecule has 0 saturated carbocycles. The van der Waals surface area contributed by atoms with Gasteiger partial charge in [-0.05, 0) is 31.6 Å². The van der Waals surface area contributed by atoms with E-state index in [1.54, 1.807) is 0 Å². The Morgan fingerprint density at radius 3 is 3.14 bits per heavy atom. The minimum Gasteiger partial charge on any atom is -0.339 e. The molecule has 2 aliphatic heterocycles. The number of nitrogens with zero attached hydrogens (tertiary/aromatic N) is 1. The summed E-state index contributed by atoms with van der Waals surface area (Å²) in [7, 11) is 0. The van der Waals surface area contributed by atoms with E-state index in [9.17, 15) is 4.79 Å². The van der Waals surface area contributed by atoms with E-state index in [1.807, 2.05) is 0 Å². The lowest BCUT2D eigenvalue weighted by Crippen LogP contribution is -2.40. The van der Waals surface area contributed by atoms with Crippen LogP contribution in [0.15, 0.2) is 12.2 Å². The topological polar surface area (TPSA) is 20.3 Å². The second kappa shape index (κ2) is 4.16. The van der Waals surface area contributed by atoms with Gasteiger partial charge in [0.25, 0.3) is 0 Å². The molecule has 0 unspecified atom stereocenters. The van der Waals surface area contributed by atoms with E-state index in [0.717, 1.165) is 25.8 Å². The van der Waals surface area contributed by atoms with Crippen molar-refractivity contribution >= 4 is 5.91 Å². The third kappa shape index (κ3) is 1.70. The van der Waals surface area contributed by atoms with Crippen LogP contribution in [0.25, 0.3) is 0 Å². The van der Waals surface area contributed by atoms with Crippen molar-refractivity contribution in [2.45, 2.75) is 45.1 Å². The highest BCUT2D eigenvalue weighted by atomic mass is 16.2. The van der Waals surface area contributed by atoms with E-state index in [2.05, 4.69) is 24.0 Å². The molecule has 0 aromatic carbocycles. The van der Waals surface area contributed by atoms with Crippen molar-refractivity contribution < 1.29 is 4.79 Å².